The normalized spacial score (nSPS) is 17.9. The molecule has 0 fully saturated rings. The minimum absolute atomic E-state index is 0.131. The van der Waals surface area contributed by atoms with Gasteiger partial charge in [-0.25, -0.2) is 13.5 Å². The number of fused-ring (bicyclic) bond motifs is 1. The first-order valence-corrected chi connectivity index (χ1v) is 11.8. The number of alkyl halides is 3. The van der Waals surface area contributed by atoms with Crippen molar-refractivity contribution in [3.63, 3.8) is 0 Å². The molecule has 2 aromatic rings. The van der Waals surface area contributed by atoms with E-state index in [4.69, 9.17) is 0 Å². The maximum absolute atomic E-state index is 14.1. The van der Waals surface area contributed by atoms with Gasteiger partial charge in [-0.05, 0) is 48.0 Å². The number of aromatic nitrogens is 2. The summed E-state index contributed by atoms with van der Waals surface area (Å²) in [6, 6.07) is 1.70. The monoisotopic (exact) mass is 522 g/mol. The Balaban J connectivity index is 1.35. The molecule has 3 aliphatic rings. The topological polar surface area (TPSA) is 75.5 Å². The lowest BCUT2D eigenvalue weighted by Gasteiger charge is -2.27. The van der Waals surface area contributed by atoms with Crippen LogP contribution in [0, 0.1) is 11.6 Å². The molecule has 0 N–H and O–H groups in total. The molecule has 196 valence electrons. The van der Waals surface area contributed by atoms with Crippen LogP contribution in [-0.4, -0.2) is 56.9 Å². The second kappa shape index (κ2) is 8.77. The molecule has 37 heavy (non-hydrogen) atoms. The number of hydrogen-bond donors (Lipinski definition) is 0. The van der Waals surface area contributed by atoms with Crippen LogP contribution in [0.25, 0.3) is 0 Å². The van der Waals surface area contributed by atoms with E-state index in [0.29, 0.717) is 30.3 Å². The van der Waals surface area contributed by atoms with Crippen molar-refractivity contribution in [2.24, 2.45) is 0 Å². The van der Waals surface area contributed by atoms with Gasteiger partial charge in [0.2, 0.25) is 11.8 Å². The van der Waals surface area contributed by atoms with Crippen LogP contribution in [0.2, 0.25) is 0 Å². The molecular formula is C25H23F5N4O3. The van der Waals surface area contributed by atoms with Crippen LogP contribution in [0.3, 0.4) is 0 Å². The lowest BCUT2D eigenvalue weighted by Crippen LogP contribution is -2.36. The maximum atomic E-state index is 14.1. The van der Waals surface area contributed by atoms with Gasteiger partial charge < -0.3 is 9.80 Å². The average Bonchev–Trinajstić information content (AvgIpc) is 3.50. The molecule has 2 amide bonds. The maximum Gasteiger partial charge on any atom is 0.419 e. The van der Waals surface area contributed by atoms with E-state index in [1.807, 2.05) is 0 Å². The van der Waals surface area contributed by atoms with Crippen molar-refractivity contribution in [3.05, 3.63) is 63.0 Å². The molecule has 0 atom stereocenters. The highest BCUT2D eigenvalue weighted by Crippen LogP contribution is 2.47. The van der Waals surface area contributed by atoms with Crippen molar-refractivity contribution < 1.29 is 36.3 Å². The number of amides is 2. The van der Waals surface area contributed by atoms with E-state index >= 15 is 0 Å². The van der Waals surface area contributed by atoms with Crippen LogP contribution < -0.4 is 0 Å². The van der Waals surface area contributed by atoms with Crippen LogP contribution in [0.5, 0.6) is 0 Å². The van der Waals surface area contributed by atoms with Crippen LogP contribution in [0.1, 0.15) is 70.3 Å². The van der Waals surface area contributed by atoms with Crippen LogP contribution in [-0.2, 0) is 23.9 Å². The first-order chi connectivity index (χ1) is 17.4. The summed E-state index contributed by atoms with van der Waals surface area (Å²) < 4.78 is 69.4. The van der Waals surface area contributed by atoms with Gasteiger partial charge in [-0.15, -0.1) is 0 Å². The van der Waals surface area contributed by atoms with E-state index in [-0.39, 0.29) is 49.6 Å². The Morgan fingerprint density at radius 3 is 2.16 bits per heavy atom. The summed E-state index contributed by atoms with van der Waals surface area (Å²) in [5.41, 5.74) is 0.952. The summed E-state index contributed by atoms with van der Waals surface area (Å²) in [7, 11) is 0. The molecule has 12 heteroatoms. The molecule has 0 spiro atoms. The highest BCUT2D eigenvalue weighted by atomic mass is 19.4. The zero-order valence-corrected chi connectivity index (χ0v) is 20.1. The first kappa shape index (κ1) is 25.1. The van der Waals surface area contributed by atoms with Gasteiger partial charge in [-0.3, -0.25) is 14.4 Å². The minimum atomic E-state index is -5.04. The third kappa shape index (κ3) is 4.21. The van der Waals surface area contributed by atoms with Gasteiger partial charge in [0.1, 0.15) is 0 Å². The summed E-state index contributed by atoms with van der Waals surface area (Å²) in [6.07, 6.45) is -4.28. The fourth-order valence-corrected chi connectivity index (χ4v) is 5.65. The van der Waals surface area contributed by atoms with Gasteiger partial charge in [-0.1, -0.05) is 6.07 Å². The number of benzene rings is 1. The number of halogens is 5. The summed E-state index contributed by atoms with van der Waals surface area (Å²) in [4.78, 5) is 40.5. The van der Waals surface area contributed by atoms with Gasteiger partial charge in [0.25, 0.3) is 5.91 Å². The molecule has 0 radical (unpaired) electrons. The Morgan fingerprint density at radius 2 is 1.59 bits per heavy atom. The molecular weight excluding hydrogens is 499 g/mol. The highest BCUT2D eigenvalue weighted by Gasteiger charge is 2.43. The predicted octanol–water partition coefficient (Wildman–Crippen LogP) is 4.07. The van der Waals surface area contributed by atoms with Gasteiger partial charge in [-0.2, -0.15) is 18.3 Å². The van der Waals surface area contributed by atoms with Gasteiger partial charge in [0, 0.05) is 39.0 Å². The SMILES string of the molecule is CC(=O)N1CCc2c(C(=O)N3CC4=C(CC(c5ccc(F)c(F)c5C(F)(F)F)C4)C3)nn(C(C)=O)c2C1. The molecule has 1 aromatic heterocycles. The molecule has 1 aliphatic carbocycles. The third-order valence-electron chi connectivity index (χ3n) is 7.40. The zero-order chi connectivity index (χ0) is 26.8. The molecule has 0 saturated heterocycles. The van der Waals surface area contributed by atoms with E-state index in [1.54, 1.807) is 4.90 Å². The largest absolute Gasteiger partial charge is 0.419 e. The van der Waals surface area contributed by atoms with Crippen molar-refractivity contribution in [3.8, 4) is 0 Å². The third-order valence-corrected chi connectivity index (χ3v) is 7.40. The van der Waals surface area contributed by atoms with Gasteiger partial charge in [0.15, 0.2) is 17.3 Å². The molecule has 7 nitrogen and oxygen atoms in total. The number of likely N-dealkylation sites (tertiary alicyclic amines) is 1. The molecule has 0 saturated carbocycles. The Hall–Kier alpha value is -3.57. The van der Waals surface area contributed by atoms with Crippen molar-refractivity contribution in [1.29, 1.82) is 0 Å². The van der Waals surface area contributed by atoms with Crippen molar-refractivity contribution in [2.75, 3.05) is 19.6 Å². The van der Waals surface area contributed by atoms with E-state index in [2.05, 4.69) is 5.10 Å². The second-order valence-electron chi connectivity index (χ2n) is 9.69. The Labute approximate surface area is 208 Å². The van der Waals surface area contributed by atoms with Crippen LogP contribution in [0.4, 0.5) is 22.0 Å². The van der Waals surface area contributed by atoms with Crippen LogP contribution >= 0.6 is 0 Å². The minimum Gasteiger partial charge on any atom is -0.337 e. The molecule has 0 bridgehead atoms. The standard InChI is InChI=1S/C25H23F5N4O3/c1-12(35)32-6-5-18-20(11-32)34(13(2)36)31-23(18)24(37)33-9-15-7-14(8-16(15)10-33)17-3-4-19(26)22(27)21(17)25(28,29)30/h3-4,14H,5-11H2,1-2H3. The molecule has 3 heterocycles. The quantitative estimate of drug-likeness (QED) is 0.440. The molecule has 0 unspecified atom stereocenters. The highest BCUT2D eigenvalue weighted by molar-refractivity contribution is 5.96. The van der Waals surface area contributed by atoms with E-state index < -0.39 is 41.1 Å². The Bertz CT molecular complexity index is 1360. The first-order valence-electron chi connectivity index (χ1n) is 11.8. The van der Waals surface area contributed by atoms with Crippen molar-refractivity contribution >= 4 is 17.7 Å². The van der Waals surface area contributed by atoms with Gasteiger partial charge >= 0.3 is 6.18 Å². The van der Waals surface area contributed by atoms with E-state index in [1.165, 1.54) is 18.7 Å². The fourth-order valence-electron chi connectivity index (χ4n) is 5.65. The lowest BCUT2D eigenvalue weighted by molar-refractivity contribution is -0.141. The Morgan fingerprint density at radius 1 is 0.946 bits per heavy atom. The fraction of sp³-hybridized carbons (Fsp3) is 0.440. The Kier molecular flexibility index (Phi) is 5.95. The second-order valence-corrected chi connectivity index (χ2v) is 9.69. The zero-order valence-electron chi connectivity index (χ0n) is 20.1. The van der Waals surface area contributed by atoms with Gasteiger partial charge in [0.05, 0.1) is 17.8 Å². The summed E-state index contributed by atoms with van der Waals surface area (Å²) >= 11 is 0. The number of rotatable bonds is 2. The molecule has 2 aliphatic heterocycles. The predicted molar refractivity (Wildman–Crippen MR) is 120 cm³/mol. The lowest BCUT2D eigenvalue weighted by atomic mass is 9.89. The number of carbonyl (C=O) groups is 3. The van der Waals surface area contributed by atoms with Crippen molar-refractivity contribution in [2.45, 2.75) is 51.7 Å². The van der Waals surface area contributed by atoms with Crippen molar-refractivity contribution in [1.82, 2.24) is 19.6 Å². The smallest absolute Gasteiger partial charge is 0.337 e. The summed E-state index contributed by atoms with van der Waals surface area (Å²) in [5.74, 6) is -5.07. The molecule has 1 aromatic carbocycles. The average molecular weight is 522 g/mol. The number of hydrogen-bond acceptors (Lipinski definition) is 4. The summed E-state index contributed by atoms with van der Waals surface area (Å²) in [6.45, 7) is 3.64. The summed E-state index contributed by atoms with van der Waals surface area (Å²) in [5, 5.41) is 4.26. The molecule has 5 rings (SSSR count). The van der Waals surface area contributed by atoms with E-state index in [9.17, 15) is 36.3 Å². The number of carbonyl (C=O) groups excluding carboxylic acids is 3. The number of nitrogens with zero attached hydrogens (tertiary/aromatic N) is 4. The van der Waals surface area contributed by atoms with Crippen LogP contribution in [0.15, 0.2) is 23.3 Å². The van der Waals surface area contributed by atoms with E-state index in [0.717, 1.165) is 21.9 Å².